The zero-order valence-electron chi connectivity index (χ0n) is 14.4. The highest BCUT2D eigenvalue weighted by molar-refractivity contribution is 6.02. The van der Waals surface area contributed by atoms with E-state index >= 15 is 0 Å². The lowest BCUT2D eigenvalue weighted by Crippen LogP contribution is -2.09. The van der Waals surface area contributed by atoms with Crippen LogP contribution in [0.1, 0.15) is 85.0 Å². The Morgan fingerprint density at radius 3 is 2.39 bits per heavy atom. The predicted molar refractivity (Wildman–Crippen MR) is 92.3 cm³/mol. The molecule has 126 valence electrons. The average molecular weight is 316 g/mol. The maximum atomic E-state index is 12.4. The number of carboxylic acid groups (broad SMARTS) is 1. The number of rotatable bonds is 9. The molecule has 1 aliphatic rings. The number of Topliss-reactive ketones (excluding diaryl/α,β-unsaturated/α-hetero) is 1. The van der Waals surface area contributed by atoms with E-state index in [2.05, 4.69) is 19.9 Å². The topological polar surface area (TPSA) is 54.4 Å². The van der Waals surface area contributed by atoms with Crippen LogP contribution >= 0.6 is 0 Å². The molecule has 0 fully saturated rings. The van der Waals surface area contributed by atoms with Gasteiger partial charge in [0.05, 0.1) is 0 Å². The van der Waals surface area contributed by atoms with Crippen molar-refractivity contribution in [1.29, 1.82) is 0 Å². The number of unbranched alkanes of at least 4 members (excludes halogenated alkanes) is 2. The van der Waals surface area contributed by atoms with Crippen LogP contribution in [-0.2, 0) is 30.5 Å². The second-order valence-electron chi connectivity index (χ2n) is 6.55. The Balaban J connectivity index is 2.45. The van der Waals surface area contributed by atoms with E-state index in [1.807, 2.05) is 0 Å². The summed E-state index contributed by atoms with van der Waals surface area (Å²) in [5, 5.41) is 9.03. The Morgan fingerprint density at radius 1 is 1.04 bits per heavy atom. The quantitative estimate of drug-likeness (QED) is 0.729. The minimum atomic E-state index is -0.770. The van der Waals surface area contributed by atoms with Crippen LogP contribution in [0.15, 0.2) is 6.07 Å². The van der Waals surface area contributed by atoms with Crippen LogP contribution in [0, 0.1) is 0 Å². The van der Waals surface area contributed by atoms with Gasteiger partial charge in [-0.2, -0.15) is 0 Å². The molecule has 0 unspecified atom stereocenters. The smallest absolute Gasteiger partial charge is 0.303 e. The molecular weight excluding hydrogens is 288 g/mol. The molecule has 1 aromatic carbocycles. The van der Waals surface area contributed by atoms with Gasteiger partial charge in [-0.25, -0.2) is 0 Å². The van der Waals surface area contributed by atoms with E-state index < -0.39 is 5.97 Å². The van der Waals surface area contributed by atoms with Gasteiger partial charge in [0, 0.05) is 18.4 Å². The van der Waals surface area contributed by atoms with Gasteiger partial charge in [0.1, 0.15) is 0 Å². The van der Waals surface area contributed by atoms with E-state index in [1.165, 1.54) is 11.1 Å². The van der Waals surface area contributed by atoms with Gasteiger partial charge in [-0.05, 0) is 60.8 Å². The Bertz CT molecular complexity index is 587. The highest BCUT2D eigenvalue weighted by Gasteiger charge is 2.27. The monoisotopic (exact) mass is 316 g/mol. The first-order valence-corrected chi connectivity index (χ1v) is 8.99. The minimum absolute atomic E-state index is 0.138. The lowest BCUT2D eigenvalue weighted by atomic mass is 9.87. The zero-order chi connectivity index (χ0) is 16.8. The highest BCUT2D eigenvalue weighted by Crippen LogP contribution is 2.33. The number of aliphatic carboxylic acids is 1. The number of carboxylic acids is 1. The van der Waals surface area contributed by atoms with E-state index in [4.69, 9.17) is 5.11 Å². The molecule has 0 aromatic heterocycles. The van der Waals surface area contributed by atoms with Crippen LogP contribution in [0.25, 0.3) is 0 Å². The summed E-state index contributed by atoms with van der Waals surface area (Å²) in [6.45, 7) is 4.32. The van der Waals surface area contributed by atoms with Crippen molar-refractivity contribution in [3.8, 4) is 0 Å². The van der Waals surface area contributed by atoms with Gasteiger partial charge in [-0.1, -0.05) is 32.8 Å². The van der Waals surface area contributed by atoms with Crippen molar-refractivity contribution in [1.82, 2.24) is 0 Å². The number of benzene rings is 1. The fraction of sp³-hybridized carbons (Fsp3) is 0.600. The lowest BCUT2D eigenvalue weighted by Gasteiger charge is -2.17. The van der Waals surface area contributed by atoms with E-state index in [0.717, 1.165) is 61.6 Å². The standard InChI is InChI=1S/C20H28O3/c1-3-5-7-14-13-15(9-12-19(22)23)16(8-6-4-2)20-17(14)10-11-18(20)21/h13H,3-12H2,1-2H3,(H,22,23). The fourth-order valence-corrected chi connectivity index (χ4v) is 3.57. The van der Waals surface area contributed by atoms with Crippen molar-refractivity contribution in [3.63, 3.8) is 0 Å². The molecule has 0 bridgehead atoms. The van der Waals surface area contributed by atoms with E-state index in [1.54, 1.807) is 0 Å². The Labute approximate surface area is 139 Å². The number of carbonyl (C=O) groups is 2. The maximum Gasteiger partial charge on any atom is 0.303 e. The van der Waals surface area contributed by atoms with E-state index in [-0.39, 0.29) is 12.2 Å². The van der Waals surface area contributed by atoms with Crippen LogP contribution in [0.3, 0.4) is 0 Å². The molecule has 2 rings (SSSR count). The van der Waals surface area contributed by atoms with Gasteiger partial charge in [0.15, 0.2) is 5.78 Å². The van der Waals surface area contributed by atoms with Gasteiger partial charge >= 0.3 is 5.97 Å². The summed E-state index contributed by atoms with van der Waals surface area (Å²) < 4.78 is 0. The second-order valence-corrected chi connectivity index (χ2v) is 6.55. The molecule has 3 heteroatoms. The summed E-state index contributed by atoms with van der Waals surface area (Å²) >= 11 is 0. The van der Waals surface area contributed by atoms with E-state index in [0.29, 0.717) is 12.8 Å². The number of aryl methyl sites for hydroxylation is 2. The third-order valence-corrected chi connectivity index (χ3v) is 4.80. The third-order valence-electron chi connectivity index (χ3n) is 4.80. The Morgan fingerprint density at radius 2 is 1.74 bits per heavy atom. The molecular formula is C20H28O3. The molecule has 1 aliphatic carbocycles. The third kappa shape index (κ3) is 4.21. The largest absolute Gasteiger partial charge is 0.481 e. The molecule has 23 heavy (non-hydrogen) atoms. The highest BCUT2D eigenvalue weighted by atomic mass is 16.4. The molecule has 0 saturated carbocycles. The first-order chi connectivity index (χ1) is 11.1. The molecule has 0 amide bonds. The normalized spacial score (nSPS) is 13.4. The summed E-state index contributed by atoms with van der Waals surface area (Å²) in [4.78, 5) is 23.4. The molecule has 0 heterocycles. The van der Waals surface area contributed by atoms with Crippen molar-refractivity contribution in [3.05, 3.63) is 33.9 Å². The fourth-order valence-electron chi connectivity index (χ4n) is 3.57. The van der Waals surface area contributed by atoms with Crippen molar-refractivity contribution < 1.29 is 14.7 Å². The van der Waals surface area contributed by atoms with Gasteiger partial charge < -0.3 is 5.11 Å². The summed E-state index contributed by atoms with van der Waals surface area (Å²) in [5.41, 5.74) is 5.74. The number of carbonyl (C=O) groups excluding carboxylic acids is 1. The Kier molecular flexibility index (Phi) is 6.37. The number of fused-ring (bicyclic) bond motifs is 1. The number of hydrogen-bond acceptors (Lipinski definition) is 2. The van der Waals surface area contributed by atoms with Crippen LogP contribution in [0.4, 0.5) is 0 Å². The zero-order valence-corrected chi connectivity index (χ0v) is 14.4. The van der Waals surface area contributed by atoms with Gasteiger partial charge in [0.2, 0.25) is 0 Å². The average Bonchev–Trinajstić information content (AvgIpc) is 2.91. The second kappa shape index (κ2) is 8.28. The summed E-state index contributed by atoms with van der Waals surface area (Å²) in [5.74, 6) is -0.505. The van der Waals surface area contributed by atoms with Crippen LogP contribution in [0.2, 0.25) is 0 Å². The molecule has 0 saturated heterocycles. The first-order valence-electron chi connectivity index (χ1n) is 8.99. The summed E-state index contributed by atoms with van der Waals surface area (Å²) in [6, 6.07) is 2.21. The molecule has 1 aromatic rings. The molecule has 0 radical (unpaired) electrons. The van der Waals surface area contributed by atoms with Gasteiger partial charge in [-0.3, -0.25) is 9.59 Å². The van der Waals surface area contributed by atoms with Gasteiger partial charge in [-0.15, -0.1) is 0 Å². The number of ketones is 1. The van der Waals surface area contributed by atoms with Crippen molar-refractivity contribution in [2.45, 2.75) is 78.1 Å². The summed E-state index contributed by atoms with van der Waals surface area (Å²) in [7, 11) is 0. The molecule has 3 nitrogen and oxygen atoms in total. The molecule has 0 spiro atoms. The van der Waals surface area contributed by atoms with Gasteiger partial charge in [0.25, 0.3) is 0 Å². The first kappa shape index (κ1) is 17.7. The van der Waals surface area contributed by atoms with Crippen LogP contribution in [0.5, 0.6) is 0 Å². The summed E-state index contributed by atoms with van der Waals surface area (Å²) in [6.07, 6.45) is 8.44. The number of hydrogen-bond donors (Lipinski definition) is 1. The lowest BCUT2D eigenvalue weighted by molar-refractivity contribution is -0.136. The SMILES string of the molecule is CCCCc1cc(CCC(=O)O)c(CCCC)c2c1CCC2=O. The molecule has 0 atom stereocenters. The molecule has 1 N–H and O–H groups in total. The maximum absolute atomic E-state index is 12.4. The van der Waals surface area contributed by atoms with Crippen molar-refractivity contribution in [2.75, 3.05) is 0 Å². The minimum Gasteiger partial charge on any atom is -0.481 e. The van der Waals surface area contributed by atoms with Crippen LogP contribution in [-0.4, -0.2) is 16.9 Å². The van der Waals surface area contributed by atoms with Crippen molar-refractivity contribution >= 4 is 11.8 Å². The van der Waals surface area contributed by atoms with Crippen molar-refractivity contribution in [2.24, 2.45) is 0 Å². The van der Waals surface area contributed by atoms with E-state index in [9.17, 15) is 9.59 Å². The predicted octanol–water partition coefficient (Wildman–Crippen LogP) is 4.52. The van der Waals surface area contributed by atoms with Crippen LogP contribution < -0.4 is 0 Å². The molecule has 0 aliphatic heterocycles. The Hall–Kier alpha value is -1.64.